The number of hydrogen-bond acceptors (Lipinski definition) is 3. The van der Waals surface area contributed by atoms with Crippen LogP contribution in [0.25, 0.3) is 0 Å². The van der Waals surface area contributed by atoms with E-state index in [-0.39, 0.29) is 0 Å². The van der Waals surface area contributed by atoms with Crippen molar-refractivity contribution in [3.8, 4) is 5.75 Å². The number of piperazine rings is 1. The van der Waals surface area contributed by atoms with Crippen LogP contribution in [-0.2, 0) is 6.54 Å². The van der Waals surface area contributed by atoms with Gasteiger partial charge in [0, 0.05) is 31.7 Å². The Labute approximate surface area is 129 Å². The van der Waals surface area contributed by atoms with Gasteiger partial charge in [0.25, 0.3) is 0 Å². The predicted octanol–water partition coefficient (Wildman–Crippen LogP) is 3.44. The largest absolute Gasteiger partial charge is 0.497 e. The zero-order valence-electron chi connectivity index (χ0n) is 13.8. The normalized spacial score (nSPS) is 23.2. The topological polar surface area (TPSA) is 24.5 Å². The fraction of sp³-hybridized carbons (Fsp3) is 0.667. The average Bonchev–Trinajstić information content (AvgIpc) is 2.50. The van der Waals surface area contributed by atoms with Crippen LogP contribution in [0.1, 0.15) is 45.1 Å². The lowest BCUT2D eigenvalue weighted by Crippen LogP contribution is -2.55. The van der Waals surface area contributed by atoms with Crippen LogP contribution in [-0.4, -0.2) is 37.2 Å². The van der Waals surface area contributed by atoms with Crippen molar-refractivity contribution in [1.29, 1.82) is 0 Å². The molecule has 0 bridgehead atoms. The summed E-state index contributed by atoms with van der Waals surface area (Å²) in [6.07, 6.45) is 5.05. The van der Waals surface area contributed by atoms with E-state index in [4.69, 9.17) is 4.74 Å². The molecule has 1 aliphatic rings. The summed E-state index contributed by atoms with van der Waals surface area (Å²) in [7, 11) is 1.74. The number of nitrogens with one attached hydrogen (secondary N) is 1. The lowest BCUT2D eigenvalue weighted by atomic mass is 10.0. The van der Waals surface area contributed by atoms with Gasteiger partial charge in [0.05, 0.1) is 7.11 Å². The highest BCUT2D eigenvalue weighted by molar-refractivity contribution is 5.28. The molecule has 2 atom stereocenters. The van der Waals surface area contributed by atoms with E-state index < -0.39 is 0 Å². The van der Waals surface area contributed by atoms with Crippen LogP contribution < -0.4 is 10.1 Å². The van der Waals surface area contributed by atoms with Crippen LogP contribution in [0.2, 0.25) is 0 Å². The fourth-order valence-electron chi connectivity index (χ4n) is 3.29. The minimum atomic E-state index is 0.647. The molecule has 0 saturated carbocycles. The molecule has 0 aromatic heterocycles. The first-order valence-corrected chi connectivity index (χ1v) is 8.37. The molecule has 1 N–H and O–H groups in total. The average molecular weight is 290 g/mol. The predicted molar refractivity (Wildman–Crippen MR) is 88.8 cm³/mol. The Morgan fingerprint density at radius 1 is 1.24 bits per heavy atom. The zero-order chi connectivity index (χ0) is 15.1. The summed E-state index contributed by atoms with van der Waals surface area (Å²) in [6, 6.07) is 9.80. The first-order valence-electron chi connectivity index (χ1n) is 8.37. The van der Waals surface area contributed by atoms with Gasteiger partial charge in [0.2, 0.25) is 0 Å². The highest BCUT2D eigenvalue weighted by atomic mass is 16.5. The first kappa shape index (κ1) is 16.3. The molecule has 1 aromatic rings. The van der Waals surface area contributed by atoms with Crippen molar-refractivity contribution >= 4 is 0 Å². The quantitative estimate of drug-likeness (QED) is 0.832. The number of benzene rings is 1. The Hall–Kier alpha value is -1.06. The Balaban J connectivity index is 2.04. The summed E-state index contributed by atoms with van der Waals surface area (Å²) < 4.78 is 5.35. The SMILES string of the molecule is CCCC1CN(Cc2cccc(OC)c2)C(CCC)CN1. The third kappa shape index (κ3) is 4.72. The second-order valence-electron chi connectivity index (χ2n) is 6.12. The van der Waals surface area contributed by atoms with Crippen LogP contribution in [0.15, 0.2) is 24.3 Å². The van der Waals surface area contributed by atoms with Crippen LogP contribution in [0.4, 0.5) is 0 Å². The van der Waals surface area contributed by atoms with Crippen molar-refractivity contribution in [1.82, 2.24) is 10.2 Å². The summed E-state index contributed by atoms with van der Waals surface area (Å²) in [5, 5.41) is 3.73. The number of ether oxygens (including phenoxy) is 1. The van der Waals surface area contributed by atoms with Gasteiger partial charge >= 0.3 is 0 Å². The number of nitrogens with zero attached hydrogens (tertiary/aromatic N) is 1. The monoisotopic (exact) mass is 290 g/mol. The highest BCUT2D eigenvalue weighted by Crippen LogP contribution is 2.20. The number of hydrogen-bond donors (Lipinski definition) is 1. The molecule has 2 rings (SSSR count). The van der Waals surface area contributed by atoms with E-state index in [9.17, 15) is 0 Å². The molecule has 1 aliphatic heterocycles. The molecule has 21 heavy (non-hydrogen) atoms. The summed E-state index contributed by atoms with van der Waals surface area (Å²) >= 11 is 0. The summed E-state index contributed by atoms with van der Waals surface area (Å²) in [6.45, 7) is 7.87. The van der Waals surface area contributed by atoms with E-state index >= 15 is 0 Å². The van der Waals surface area contributed by atoms with Gasteiger partial charge in [-0.15, -0.1) is 0 Å². The van der Waals surface area contributed by atoms with Crippen LogP contribution in [0.5, 0.6) is 5.75 Å². The lowest BCUT2D eigenvalue weighted by Gasteiger charge is -2.40. The van der Waals surface area contributed by atoms with Crippen molar-refractivity contribution < 1.29 is 4.74 Å². The Kier molecular flexibility index (Phi) is 6.52. The molecular formula is C18H30N2O. The van der Waals surface area contributed by atoms with Gasteiger partial charge in [-0.3, -0.25) is 4.90 Å². The van der Waals surface area contributed by atoms with Gasteiger partial charge in [-0.25, -0.2) is 0 Å². The van der Waals surface area contributed by atoms with Crippen molar-refractivity contribution in [2.75, 3.05) is 20.2 Å². The molecule has 3 nitrogen and oxygen atoms in total. The lowest BCUT2D eigenvalue weighted by molar-refractivity contribution is 0.111. The van der Waals surface area contributed by atoms with E-state index in [0.29, 0.717) is 12.1 Å². The fourth-order valence-corrected chi connectivity index (χ4v) is 3.29. The third-order valence-electron chi connectivity index (χ3n) is 4.39. The standard InChI is InChI=1S/C18H30N2O/c1-4-7-16-14-20(17(8-5-2)12-19-16)13-15-9-6-10-18(11-15)21-3/h6,9-11,16-17,19H,4-5,7-8,12-14H2,1-3H3. The zero-order valence-corrected chi connectivity index (χ0v) is 13.8. The van der Waals surface area contributed by atoms with Gasteiger partial charge in [-0.05, 0) is 30.5 Å². The molecule has 0 aliphatic carbocycles. The summed E-state index contributed by atoms with van der Waals surface area (Å²) in [5.41, 5.74) is 1.35. The van der Waals surface area contributed by atoms with E-state index in [1.165, 1.54) is 31.2 Å². The van der Waals surface area contributed by atoms with Crippen molar-refractivity contribution in [3.63, 3.8) is 0 Å². The molecule has 1 fully saturated rings. The summed E-state index contributed by atoms with van der Waals surface area (Å²) in [4.78, 5) is 2.66. The van der Waals surface area contributed by atoms with E-state index in [0.717, 1.165) is 25.4 Å². The highest BCUT2D eigenvalue weighted by Gasteiger charge is 2.26. The molecule has 1 heterocycles. The smallest absolute Gasteiger partial charge is 0.119 e. The number of rotatable bonds is 7. The van der Waals surface area contributed by atoms with Crippen molar-refractivity contribution in [2.45, 2.75) is 58.2 Å². The van der Waals surface area contributed by atoms with Gasteiger partial charge < -0.3 is 10.1 Å². The Morgan fingerprint density at radius 2 is 2.05 bits per heavy atom. The molecule has 1 aromatic carbocycles. The van der Waals surface area contributed by atoms with Crippen LogP contribution in [0, 0.1) is 0 Å². The van der Waals surface area contributed by atoms with E-state index in [2.05, 4.69) is 42.3 Å². The van der Waals surface area contributed by atoms with Crippen molar-refractivity contribution in [3.05, 3.63) is 29.8 Å². The van der Waals surface area contributed by atoms with Gasteiger partial charge in [0.1, 0.15) is 5.75 Å². The number of methoxy groups -OCH3 is 1. The molecule has 2 unspecified atom stereocenters. The molecule has 1 saturated heterocycles. The third-order valence-corrected chi connectivity index (χ3v) is 4.39. The van der Waals surface area contributed by atoms with Crippen LogP contribution in [0.3, 0.4) is 0 Å². The molecule has 0 amide bonds. The summed E-state index contributed by atoms with van der Waals surface area (Å²) in [5.74, 6) is 0.958. The minimum Gasteiger partial charge on any atom is -0.497 e. The maximum atomic E-state index is 5.35. The Bertz CT molecular complexity index is 421. The van der Waals surface area contributed by atoms with Crippen LogP contribution >= 0.6 is 0 Å². The van der Waals surface area contributed by atoms with Gasteiger partial charge in [-0.2, -0.15) is 0 Å². The molecule has 0 spiro atoms. The second kappa shape index (κ2) is 8.40. The molecule has 0 radical (unpaired) electrons. The first-order chi connectivity index (χ1) is 10.3. The van der Waals surface area contributed by atoms with E-state index in [1.807, 2.05) is 6.07 Å². The Morgan fingerprint density at radius 3 is 2.76 bits per heavy atom. The van der Waals surface area contributed by atoms with Gasteiger partial charge in [-0.1, -0.05) is 38.8 Å². The second-order valence-corrected chi connectivity index (χ2v) is 6.12. The molecular weight excluding hydrogens is 260 g/mol. The minimum absolute atomic E-state index is 0.647. The maximum Gasteiger partial charge on any atom is 0.119 e. The van der Waals surface area contributed by atoms with E-state index in [1.54, 1.807) is 7.11 Å². The van der Waals surface area contributed by atoms with Gasteiger partial charge in [0.15, 0.2) is 0 Å². The molecule has 118 valence electrons. The maximum absolute atomic E-state index is 5.35. The molecule has 3 heteroatoms. The van der Waals surface area contributed by atoms with Crippen molar-refractivity contribution in [2.24, 2.45) is 0 Å².